The molecule has 32 heavy (non-hydrogen) atoms. The summed E-state index contributed by atoms with van der Waals surface area (Å²) in [6, 6.07) is 16.4. The van der Waals surface area contributed by atoms with Crippen LogP contribution in [0, 0.1) is 0 Å². The first-order valence-electron chi connectivity index (χ1n) is 10.9. The zero-order chi connectivity index (χ0) is 22.5. The van der Waals surface area contributed by atoms with Gasteiger partial charge in [0, 0.05) is 48.1 Å². The number of nitrogens with zero attached hydrogens (tertiary/aromatic N) is 2. The minimum Gasteiger partial charge on any atom is -0.385 e. The van der Waals surface area contributed by atoms with E-state index in [1.54, 1.807) is 16.9 Å². The summed E-state index contributed by atoms with van der Waals surface area (Å²) in [4.78, 5) is 34.2. The van der Waals surface area contributed by atoms with Crippen molar-refractivity contribution in [3.63, 3.8) is 0 Å². The number of aromatic amines is 1. The lowest BCUT2D eigenvalue weighted by molar-refractivity contribution is -0.166. The molecular formula is C25H26BrN3O3. The molecule has 2 aliphatic rings. The maximum Gasteiger partial charge on any atom is 0.254 e. The van der Waals surface area contributed by atoms with Crippen molar-refractivity contribution in [1.29, 1.82) is 0 Å². The van der Waals surface area contributed by atoms with E-state index >= 15 is 0 Å². The molecule has 0 aliphatic carbocycles. The first-order chi connectivity index (χ1) is 15.4. The fraction of sp³-hybridized carbons (Fsp3) is 0.360. The smallest absolute Gasteiger partial charge is 0.254 e. The lowest BCUT2D eigenvalue weighted by Crippen LogP contribution is -2.67. The number of carbonyl (C=O) groups is 2. The first kappa shape index (κ1) is 21.2. The number of halogens is 1. The van der Waals surface area contributed by atoms with Crippen LogP contribution in [0.25, 0.3) is 10.9 Å². The minimum absolute atomic E-state index is 0.0147. The molecule has 6 nitrogen and oxygen atoms in total. The molecule has 2 aliphatic heterocycles. The van der Waals surface area contributed by atoms with Crippen molar-refractivity contribution in [2.45, 2.75) is 24.8 Å². The summed E-state index contributed by atoms with van der Waals surface area (Å²) in [7, 11) is 1.65. The van der Waals surface area contributed by atoms with Gasteiger partial charge in [0.2, 0.25) is 5.91 Å². The Balaban J connectivity index is 1.67. The van der Waals surface area contributed by atoms with Crippen LogP contribution in [0.4, 0.5) is 0 Å². The lowest BCUT2D eigenvalue weighted by atomic mass is 9.76. The summed E-state index contributed by atoms with van der Waals surface area (Å²) in [5.74, 6) is -0.0645. The Morgan fingerprint density at radius 3 is 2.66 bits per heavy atom. The topological polar surface area (TPSA) is 65.6 Å². The van der Waals surface area contributed by atoms with E-state index < -0.39 is 5.54 Å². The van der Waals surface area contributed by atoms with Gasteiger partial charge in [-0.3, -0.25) is 9.59 Å². The monoisotopic (exact) mass is 495 g/mol. The molecule has 2 amide bonds. The van der Waals surface area contributed by atoms with E-state index in [0.29, 0.717) is 26.1 Å². The number of hydrogen-bond donors (Lipinski definition) is 1. The first-order valence-corrected chi connectivity index (χ1v) is 11.7. The van der Waals surface area contributed by atoms with Crippen LogP contribution in [-0.2, 0) is 19.9 Å². The molecule has 166 valence electrons. The Morgan fingerprint density at radius 2 is 1.91 bits per heavy atom. The molecular weight excluding hydrogens is 470 g/mol. The Bertz CT molecular complexity index is 1190. The fourth-order valence-corrected chi connectivity index (χ4v) is 5.51. The van der Waals surface area contributed by atoms with Gasteiger partial charge in [0.1, 0.15) is 0 Å². The normalized spacial score (nSPS) is 22.9. The fourth-order valence-electron chi connectivity index (χ4n) is 5.25. The Hall–Kier alpha value is -2.64. The molecule has 2 atom stereocenters. The molecule has 0 saturated carbocycles. The maximum absolute atomic E-state index is 13.8. The van der Waals surface area contributed by atoms with Crippen LogP contribution < -0.4 is 0 Å². The van der Waals surface area contributed by atoms with E-state index in [4.69, 9.17) is 4.74 Å². The number of para-hydroxylation sites is 1. The van der Waals surface area contributed by atoms with Crippen LogP contribution in [0.1, 0.15) is 36.1 Å². The number of fused-ring (bicyclic) bond motifs is 5. The van der Waals surface area contributed by atoms with Crippen LogP contribution in [0.3, 0.4) is 0 Å². The van der Waals surface area contributed by atoms with Gasteiger partial charge in [-0.05, 0) is 42.7 Å². The SMILES string of the molecule is COCCCN1CC(=O)N2C[C@H](c3ccc(Br)cc3)c3c([nH]c4ccccc34)[C@@]2(C)C1=O. The van der Waals surface area contributed by atoms with Crippen molar-refractivity contribution >= 4 is 38.6 Å². The van der Waals surface area contributed by atoms with Crippen LogP contribution in [0.2, 0.25) is 0 Å². The summed E-state index contributed by atoms with van der Waals surface area (Å²) >= 11 is 3.52. The van der Waals surface area contributed by atoms with Crippen molar-refractivity contribution < 1.29 is 14.3 Å². The molecule has 2 aromatic carbocycles. The van der Waals surface area contributed by atoms with Gasteiger partial charge in [-0.15, -0.1) is 0 Å². The number of methoxy groups -OCH3 is 1. The highest BCUT2D eigenvalue weighted by Gasteiger charge is 2.56. The van der Waals surface area contributed by atoms with Gasteiger partial charge in [0.25, 0.3) is 5.91 Å². The third-order valence-electron chi connectivity index (χ3n) is 6.87. The third-order valence-corrected chi connectivity index (χ3v) is 7.39. The summed E-state index contributed by atoms with van der Waals surface area (Å²) in [6.45, 7) is 3.54. The summed E-state index contributed by atoms with van der Waals surface area (Å²) in [6.07, 6.45) is 0.701. The molecule has 7 heteroatoms. The molecule has 3 aromatic rings. The number of hydrogen-bond acceptors (Lipinski definition) is 3. The van der Waals surface area contributed by atoms with Gasteiger partial charge >= 0.3 is 0 Å². The number of H-pyrrole nitrogens is 1. The van der Waals surface area contributed by atoms with Crippen LogP contribution in [0.5, 0.6) is 0 Å². The van der Waals surface area contributed by atoms with Crippen molar-refractivity contribution in [2.75, 3.05) is 33.4 Å². The average molecular weight is 496 g/mol. The zero-order valence-corrected chi connectivity index (χ0v) is 19.8. The van der Waals surface area contributed by atoms with E-state index in [1.807, 2.05) is 37.3 Å². The second-order valence-corrected chi connectivity index (χ2v) is 9.63. The largest absolute Gasteiger partial charge is 0.385 e. The lowest BCUT2D eigenvalue weighted by Gasteiger charge is -2.51. The zero-order valence-electron chi connectivity index (χ0n) is 18.2. The molecule has 0 bridgehead atoms. The van der Waals surface area contributed by atoms with E-state index in [-0.39, 0.29) is 24.3 Å². The van der Waals surface area contributed by atoms with E-state index in [2.05, 4.69) is 39.1 Å². The average Bonchev–Trinajstić information content (AvgIpc) is 3.19. The highest BCUT2D eigenvalue weighted by atomic mass is 79.9. The number of rotatable bonds is 5. The molecule has 3 heterocycles. The second-order valence-electron chi connectivity index (χ2n) is 8.71. The minimum atomic E-state index is -1.05. The van der Waals surface area contributed by atoms with Crippen molar-refractivity contribution in [2.24, 2.45) is 0 Å². The number of nitrogens with one attached hydrogen (secondary N) is 1. The number of aromatic nitrogens is 1. The Kier molecular flexibility index (Phi) is 5.34. The van der Waals surface area contributed by atoms with Crippen LogP contribution in [0.15, 0.2) is 53.0 Å². The van der Waals surface area contributed by atoms with Crippen molar-refractivity contribution in [3.05, 3.63) is 69.8 Å². The molecule has 1 saturated heterocycles. The van der Waals surface area contributed by atoms with Gasteiger partial charge in [0.15, 0.2) is 5.54 Å². The van der Waals surface area contributed by atoms with E-state index in [1.165, 1.54) is 0 Å². The van der Waals surface area contributed by atoms with Gasteiger partial charge in [-0.25, -0.2) is 0 Å². The molecule has 1 aromatic heterocycles. The number of amides is 2. The number of carbonyl (C=O) groups excluding carboxylic acids is 2. The maximum atomic E-state index is 13.8. The summed E-state index contributed by atoms with van der Waals surface area (Å²) in [5, 5.41) is 1.10. The van der Waals surface area contributed by atoms with Crippen LogP contribution in [-0.4, -0.2) is 59.9 Å². The molecule has 1 N–H and O–H groups in total. The van der Waals surface area contributed by atoms with Crippen molar-refractivity contribution in [3.8, 4) is 0 Å². The second kappa shape index (κ2) is 8.05. The number of benzene rings is 2. The molecule has 5 rings (SSSR count). The summed E-state index contributed by atoms with van der Waals surface area (Å²) in [5.41, 5.74) is 3.00. The highest BCUT2D eigenvalue weighted by Crippen LogP contribution is 2.48. The molecule has 0 spiro atoms. The van der Waals surface area contributed by atoms with Gasteiger partial charge in [-0.1, -0.05) is 46.3 Å². The number of piperazine rings is 1. The molecule has 1 fully saturated rings. The molecule has 0 unspecified atom stereocenters. The van der Waals surface area contributed by atoms with Crippen molar-refractivity contribution in [1.82, 2.24) is 14.8 Å². The predicted molar refractivity (Wildman–Crippen MR) is 126 cm³/mol. The van der Waals surface area contributed by atoms with E-state index in [0.717, 1.165) is 32.2 Å². The third kappa shape index (κ3) is 3.18. The van der Waals surface area contributed by atoms with Gasteiger partial charge < -0.3 is 19.5 Å². The van der Waals surface area contributed by atoms with E-state index in [9.17, 15) is 9.59 Å². The molecule has 0 radical (unpaired) electrons. The number of ether oxygens (including phenoxy) is 1. The van der Waals surface area contributed by atoms with Gasteiger partial charge in [-0.2, -0.15) is 0 Å². The standard InChI is InChI=1S/C25H26BrN3O3/c1-25-23-22(18-6-3-4-7-20(18)27-23)19(16-8-10-17(26)11-9-16)14-29(25)21(30)15-28(24(25)31)12-5-13-32-2/h3-4,6-11,19,27H,5,12-15H2,1-2H3/t19-,25+/m1/s1. The van der Waals surface area contributed by atoms with Crippen LogP contribution >= 0.6 is 15.9 Å². The Morgan fingerprint density at radius 1 is 1.16 bits per heavy atom. The highest BCUT2D eigenvalue weighted by molar-refractivity contribution is 9.10. The quantitative estimate of drug-likeness (QED) is 0.544. The predicted octanol–water partition coefficient (Wildman–Crippen LogP) is 4.00. The van der Waals surface area contributed by atoms with Gasteiger partial charge in [0.05, 0.1) is 12.2 Å². The Labute approximate surface area is 195 Å². The summed E-state index contributed by atoms with van der Waals surface area (Å²) < 4.78 is 6.16.